The number of methoxy groups -OCH3 is 1. The number of nitrogens with one attached hydrogen (secondary N) is 1. The van der Waals surface area contributed by atoms with Gasteiger partial charge in [0.25, 0.3) is 0 Å². The third-order valence-electron chi connectivity index (χ3n) is 7.38. The topological polar surface area (TPSA) is 114 Å². The maximum Gasteiger partial charge on any atom is 0.244 e. The van der Waals surface area contributed by atoms with Crippen LogP contribution in [0.15, 0.2) is 72.8 Å². The summed E-state index contributed by atoms with van der Waals surface area (Å²) in [6.07, 6.45) is 0.948. The van der Waals surface area contributed by atoms with Crippen molar-refractivity contribution in [1.29, 1.82) is 0 Å². The van der Waals surface area contributed by atoms with E-state index in [4.69, 9.17) is 14.2 Å². The second-order valence-corrected chi connectivity index (χ2v) is 12.5. The molecule has 0 spiro atoms. The predicted molar refractivity (Wildman–Crippen MR) is 165 cm³/mol. The van der Waals surface area contributed by atoms with E-state index in [1.165, 1.54) is 11.8 Å². The van der Waals surface area contributed by atoms with Gasteiger partial charge in [-0.15, -0.1) is 0 Å². The Morgan fingerprint density at radius 1 is 0.953 bits per heavy atom. The van der Waals surface area contributed by atoms with Gasteiger partial charge in [-0.25, -0.2) is 8.42 Å². The molecule has 0 saturated carbocycles. The third-order valence-corrected chi connectivity index (χ3v) is 9.12. The molecular weight excluding hydrogens is 570 g/mol. The van der Waals surface area contributed by atoms with Gasteiger partial charge in [0.15, 0.2) is 11.5 Å². The molecule has 4 rings (SSSR count). The van der Waals surface area contributed by atoms with Crippen molar-refractivity contribution in [2.24, 2.45) is 0 Å². The van der Waals surface area contributed by atoms with Crippen LogP contribution in [-0.4, -0.2) is 63.4 Å². The SMILES string of the molecule is CC[C@H](C)NC(=O)[C@@H](Cc1ccccc1)N(Cc1cccc(OC)c1)C(=O)CN(c1ccc2c(c1)OCO2)S(=O)(=O)CC. The van der Waals surface area contributed by atoms with Crippen LogP contribution < -0.4 is 23.8 Å². The molecule has 0 radical (unpaired) electrons. The van der Waals surface area contributed by atoms with E-state index in [0.717, 1.165) is 15.4 Å². The van der Waals surface area contributed by atoms with Gasteiger partial charge >= 0.3 is 0 Å². The van der Waals surface area contributed by atoms with Crippen molar-refractivity contribution in [3.8, 4) is 17.2 Å². The van der Waals surface area contributed by atoms with E-state index in [9.17, 15) is 18.0 Å². The van der Waals surface area contributed by atoms with E-state index in [1.54, 1.807) is 37.4 Å². The quantitative estimate of drug-likeness (QED) is 0.292. The summed E-state index contributed by atoms with van der Waals surface area (Å²) in [6.45, 7) is 4.96. The summed E-state index contributed by atoms with van der Waals surface area (Å²) in [5.41, 5.74) is 1.86. The van der Waals surface area contributed by atoms with Gasteiger partial charge in [-0.2, -0.15) is 0 Å². The minimum absolute atomic E-state index is 0.0268. The van der Waals surface area contributed by atoms with Crippen molar-refractivity contribution in [3.63, 3.8) is 0 Å². The van der Waals surface area contributed by atoms with E-state index in [2.05, 4.69) is 5.32 Å². The van der Waals surface area contributed by atoms with Gasteiger partial charge in [0, 0.05) is 25.1 Å². The predicted octanol–water partition coefficient (Wildman–Crippen LogP) is 4.13. The number of benzene rings is 3. The lowest BCUT2D eigenvalue weighted by molar-refractivity contribution is -0.140. The number of carbonyl (C=O) groups is 2. The number of hydrogen-bond donors (Lipinski definition) is 1. The monoisotopic (exact) mass is 609 g/mol. The van der Waals surface area contributed by atoms with Crippen LogP contribution in [0.25, 0.3) is 0 Å². The number of fused-ring (bicyclic) bond motifs is 1. The Morgan fingerprint density at radius 2 is 1.67 bits per heavy atom. The average molecular weight is 610 g/mol. The molecule has 0 fully saturated rings. The van der Waals surface area contributed by atoms with E-state index in [1.807, 2.05) is 56.3 Å². The first-order valence-corrected chi connectivity index (χ1v) is 15.9. The Kier molecular flexibility index (Phi) is 10.5. The van der Waals surface area contributed by atoms with Crippen molar-refractivity contribution in [3.05, 3.63) is 83.9 Å². The molecule has 3 aromatic carbocycles. The van der Waals surface area contributed by atoms with Gasteiger partial charge in [0.1, 0.15) is 18.3 Å². The van der Waals surface area contributed by atoms with Crippen molar-refractivity contribution in [2.75, 3.05) is 30.5 Å². The zero-order valence-corrected chi connectivity index (χ0v) is 25.8. The second kappa shape index (κ2) is 14.3. The molecule has 1 aliphatic rings. The van der Waals surface area contributed by atoms with Gasteiger partial charge in [-0.3, -0.25) is 13.9 Å². The molecule has 2 amide bonds. The van der Waals surface area contributed by atoms with E-state index >= 15 is 0 Å². The number of rotatable bonds is 14. The lowest BCUT2D eigenvalue weighted by atomic mass is 10.0. The van der Waals surface area contributed by atoms with Crippen LogP contribution in [0.1, 0.15) is 38.3 Å². The zero-order chi connectivity index (χ0) is 31.0. The smallest absolute Gasteiger partial charge is 0.244 e. The zero-order valence-electron chi connectivity index (χ0n) is 25.0. The summed E-state index contributed by atoms with van der Waals surface area (Å²) in [4.78, 5) is 29.6. The molecule has 11 heteroatoms. The molecule has 230 valence electrons. The molecular formula is C32H39N3O7S. The number of hydrogen-bond acceptors (Lipinski definition) is 7. The maximum atomic E-state index is 14.3. The molecule has 43 heavy (non-hydrogen) atoms. The fraction of sp³-hybridized carbons (Fsp3) is 0.375. The van der Waals surface area contributed by atoms with Gasteiger partial charge in [0.05, 0.1) is 18.6 Å². The van der Waals surface area contributed by atoms with Crippen LogP contribution in [0, 0.1) is 0 Å². The van der Waals surface area contributed by atoms with Crippen LogP contribution in [0.2, 0.25) is 0 Å². The number of carbonyl (C=O) groups excluding carboxylic acids is 2. The van der Waals surface area contributed by atoms with E-state index in [0.29, 0.717) is 23.7 Å². The Morgan fingerprint density at radius 3 is 2.37 bits per heavy atom. The summed E-state index contributed by atoms with van der Waals surface area (Å²) >= 11 is 0. The fourth-order valence-electron chi connectivity index (χ4n) is 4.72. The highest BCUT2D eigenvalue weighted by atomic mass is 32.2. The van der Waals surface area contributed by atoms with Crippen LogP contribution in [0.4, 0.5) is 5.69 Å². The van der Waals surface area contributed by atoms with Crippen LogP contribution in [-0.2, 0) is 32.6 Å². The largest absolute Gasteiger partial charge is 0.497 e. The van der Waals surface area contributed by atoms with E-state index < -0.39 is 28.5 Å². The van der Waals surface area contributed by atoms with Crippen molar-refractivity contribution >= 4 is 27.5 Å². The number of amides is 2. The standard InChI is InChI=1S/C32H39N3O7S/c1-5-23(3)33-32(37)28(18-24-11-8-7-9-12-24)34(20-25-13-10-14-27(17-25)40-4)31(36)21-35(43(38,39)6-2)26-15-16-29-30(19-26)42-22-41-29/h7-17,19,23,28H,5-6,18,20-22H2,1-4H3,(H,33,37)/t23-,28+/m0/s1. The molecule has 1 aliphatic heterocycles. The molecule has 0 unspecified atom stereocenters. The van der Waals surface area contributed by atoms with Crippen molar-refractivity contribution in [1.82, 2.24) is 10.2 Å². The van der Waals surface area contributed by atoms with Crippen LogP contribution >= 0.6 is 0 Å². The summed E-state index contributed by atoms with van der Waals surface area (Å²) in [6, 6.07) is 20.4. The Balaban J connectivity index is 1.76. The van der Waals surface area contributed by atoms with Crippen molar-refractivity contribution in [2.45, 2.75) is 52.2 Å². The van der Waals surface area contributed by atoms with E-state index in [-0.39, 0.29) is 43.1 Å². The van der Waals surface area contributed by atoms with Gasteiger partial charge in [-0.05, 0) is 55.7 Å². The number of nitrogens with zero attached hydrogens (tertiary/aromatic N) is 2. The second-order valence-electron chi connectivity index (χ2n) is 10.3. The normalized spacial score (nSPS) is 13.6. The molecule has 0 saturated heterocycles. The number of anilines is 1. The summed E-state index contributed by atoms with van der Waals surface area (Å²) < 4.78 is 44.1. The molecule has 1 N–H and O–H groups in total. The third kappa shape index (κ3) is 7.98. The molecule has 2 atom stereocenters. The minimum Gasteiger partial charge on any atom is -0.497 e. The van der Waals surface area contributed by atoms with Crippen LogP contribution in [0.5, 0.6) is 17.2 Å². The van der Waals surface area contributed by atoms with Gasteiger partial charge in [-0.1, -0.05) is 49.4 Å². The first-order valence-electron chi connectivity index (χ1n) is 14.3. The number of sulfonamides is 1. The molecule has 1 heterocycles. The molecule has 10 nitrogen and oxygen atoms in total. The highest BCUT2D eigenvalue weighted by Crippen LogP contribution is 2.36. The summed E-state index contributed by atoms with van der Waals surface area (Å²) in [5.74, 6) is 0.411. The highest BCUT2D eigenvalue weighted by molar-refractivity contribution is 7.92. The lowest BCUT2D eigenvalue weighted by Crippen LogP contribution is -2.54. The summed E-state index contributed by atoms with van der Waals surface area (Å²) in [7, 11) is -2.35. The van der Waals surface area contributed by atoms with Gasteiger partial charge < -0.3 is 24.4 Å². The fourth-order valence-corrected chi connectivity index (χ4v) is 5.78. The Labute approximate surface area is 253 Å². The maximum absolute atomic E-state index is 14.3. The molecule has 0 bridgehead atoms. The van der Waals surface area contributed by atoms with Crippen molar-refractivity contribution < 1.29 is 32.2 Å². The number of ether oxygens (including phenoxy) is 3. The Hall–Kier alpha value is -4.25. The minimum atomic E-state index is -3.90. The lowest BCUT2D eigenvalue weighted by Gasteiger charge is -2.34. The average Bonchev–Trinajstić information content (AvgIpc) is 3.50. The molecule has 0 aromatic heterocycles. The first kappa shape index (κ1) is 31.7. The summed E-state index contributed by atoms with van der Waals surface area (Å²) in [5, 5.41) is 3.03. The Bertz CT molecular complexity index is 1510. The highest BCUT2D eigenvalue weighted by Gasteiger charge is 2.34. The van der Waals surface area contributed by atoms with Gasteiger partial charge in [0.2, 0.25) is 28.6 Å². The first-order chi connectivity index (χ1) is 20.6. The molecule has 3 aromatic rings. The van der Waals surface area contributed by atoms with Crippen LogP contribution in [0.3, 0.4) is 0 Å². The molecule has 0 aliphatic carbocycles.